The highest BCUT2D eigenvalue weighted by Gasteiger charge is 2.42. The topological polar surface area (TPSA) is 55.5 Å². The van der Waals surface area contributed by atoms with Crippen LogP contribution in [0.15, 0.2) is 24.3 Å². The summed E-state index contributed by atoms with van der Waals surface area (Å²) in [5, 5.41) is 10.5. The van der Waals surface area contributed by atoms with E-state index >= 15 is 0 Å². The van der Waals surface area contributed by atoms with E-state index in [1.54, 1.807) is 0 Å². The molecule has 0 spiro atoms. The van der Waals surface area contributed by atoms with Crippen molar-refractivity contribution in [2.45, 2.75) is 38.7 Å². The van der Waals surface area contributed by atoms with Crippen molar-refractivity contribution in [3.8, 4) is 5.75 Å². The van der Waals surface area contributed by atoms with Crippen molar-refractivity contribution in [3.05, 3.63) is 29.8 Å². The standard InChI is InChI=1S/C15H23NO2/c1-2-9-18-13-6-3-5-12(10-13)14(17)15(11-16)7-4-8-15/h3,5-6,10,14,17H,2,4,7-9,11,16H2,1H3. The van der Waals surface area contributed by atoms with Gasteiger partial charge in [-0.1, -0.05) is 25.5 Å². The first-order chi connectivity index (χ1) is 8.72. The lowest BCUT2D eigenvalue weighted by Gasteiger charge is -2.44. The van der Waals surface area contributed by atoms with Crippen LogP contribution in [0.3, 0.4) is 0 Å². The van der Waals surface area contributed by atoms with Gasteiger partial charge in [0.15, 0.2) is 0 Å². The van der Waals surface area contributed by atoms with E-state index < -0.39 is 6.10 Å². The number of aliphatic hydroxyl groups excluding tert-OH is 1. The van der Waals surface area contributed by atoms with Gasteiger partial charge in [-0.2, -0.15) is 0 Å². The first-order valence-electron chi connectivity index (χ1n) is 6.83. The number of hydrogen-bond donors (Lipinski definition) is 2. The summed E-state index contributed by atoms with van der Waals surface area (Å²) in [7, 11) is 0. The zero-order valence-electron chi connectivity index (χ0n) is 11.1. The third-order valence-electron chi connectivity index (χ3n) is 3.98. The molecule has 0 heterocycles. The second-order valence-electron chi connectivity index (χ2n) is 5.24. The molecule has 18 heavy (non-hydrogen) atoms. The number of aliphatic hydroxyl groups is 1. The largest absolute Gasteiger partial charge is 0.494 e. The monoisotopic (exact) mass is 249 g/mol. The van der Waals surface area contributed by atoms with Gasteiger partial charge in [0.1, 0.15) is 5.75 Å². The van der Waals surface area contributed by atoms with Gasteiger partial charge in [0.05, 0.1) is 12.7 Å². The molecule has 1 fully saturated rings. The molecule has 3 heteroatoms. The van der Waals surface area contributed by atoms with E-state index in [0.29, 0.717) is 13.2 Å². The average Bonchev–Trinajstić information content (AvgIpc) is 2.36. The van der Waals surface area contributed by atoms with Crippen LogP contribution >= 0.6 is 0 Å². The summed E-state index contributed by atoms with van der Waals surface area (Å²) in [4.78, 5) is 0. The van der Waals surface area contributed by atoms with Crippen LogP contribution in [0.2, 0.25) is 0 Å². The zero-order chi connectivity index (χ0) is 13.0. The maximum absolute atomic E-state index is 10.5. The van der Waals surface area contributed by atoms with Gasteiger partial charge < -0.3 is 15.6 Å². The molecule has 2 rings (SSSR count). The number of hydrogen-bond acceptors (Lipinski definition) is 3. The van der Waals surface area contributed by atoms with Gasteiger partial charge >= 0.3 is 0 Å². The molecule has 1 aromatic rings. The maximum atomic E-state index is 10.5. The molecule has 0 saturated heterocycles. The van der Waals surface area contributed by atoms with Crippen LogP contribution in [-0.2, 0) is 0 Å². The summed E-state index contributed by atoms with van der Waals surface area (Å²) >= 11 is 0. The Labute approximate surface area is 109 Å². The number of ether oxygens (including phenoxy) is 1. The molecule has 1 aliphatic rings. The molecule has 3 nitrogen and oxygen atoms in total. The molecule has 0 bridgehead atoms. The van der Waals surface area contributed by atoms with Crippen molar-refractivity contribution in [3.63, 3.8) is 0 Å². The highest BCUT2D eigenvalue weighted by atomic mass is 16.5. The number of rotatable bonds is 6. The van der Waals surface area contributed by atoms with Gasteiger partial charge in [0, 0.05) is 12.0 Å². The molecule has 0 aromatic heterocycles. The van der Waals surface area contributed by atoms with E-state index in [-0.39, 0.29) is 5.41 Å². The highest BCUT2D eigenvalue weighted by molar-refractivity contribution is 5.31. The summed E-state index contributed by atoms with van der Waals surface area (Å²) in [6, 6.07) is 7.77. The third-order valence-corrected chi connectivity index (χ3v) is 3.98. The molecule has 1 aliphatic carbocycles. The minimum Gasteiger partial charge on any atom is -0.494 e. The van der Waals surface area contributed by atoms with Crippen molar-refractivity contribution in [1.82, 2.24) is 0 Å². The zero-order valence-corrected chi connectivity index (χ0v) is 11.1. The predicted molar refractivity (Wildman–Crippen MR) is 72.5 cm³/mol. The molecule has 1 aromatic carbocycles. The van der Waals surface area contributed by atoms with Gasteiger partial charge in [0.25, 0.3) is 0 Å². The summed E-state index contributed by atoms with van der Waals surface area (Å²) in [5.74, 6) is 0.833. The van der Waals surface area contributed by atoms with Crippen LogP contribution in [-0.4, -0.2) is 18.3 Å². The first-order valence-corrected chi connectivity index (χ1v) is 6.83. The maximum Gasteiger partial charge on any atom is 0.119 e. The Balaban J connectivity index is 2.12. The Morgan fingerprint density at radius 1 is 1.44 bits per heavy atom. The summed E-state index contributed by atoms with van der Waals surface area (Å²) < 4.78 is 5.60. The van der Waals surface area contributed by atoms with E-state index in [2.05, 4.69) is 6.92 Å². The van der Waals surface area contributed by atoms with Gasteiger partial charge in [-0.05, 0) is 37.0 Å². The van der Waals surface area contributed by atoms with Crippen LogP contribution in [0.5, 0.6) is 5.75 Å². The van der Waals surface area contributed by atoms with Gasteiger partial charge in [0.2, 0.25) is 0 Å². The van der Waals surface area contributed by atoms with Crippen LogP contribution < -0.4 is 10.5 Å². The quantitative estimate of drug-likeness (QED) is 0.815. The first kappa shape index (κ1) is 13.4. The molecule has 1 saturated carbocycles. The Morgan fingerprint density at radius 3 is 2.78 bits per heavy atom. The minimum absolute atomic E-state index is 0.108. The lowest BCUT2D eigenvalue weighted by Crippen LogP contribution is -2.42. The lowest BCUT2D eigenvalue weighted by molar-refractivity contribution is -0.0298. The molecular weight excluding hydrogens is 226 g/mol. The second kappa shape index (κ2) is 5.72. The smallest absolute Gasteiger partial charge is 0.119 e. The highest BCUT2D eigenvalue weighted by Crippen LogP contribution is 2.49. The van der Waals surface area contributed by atoms with E-state index in [4.69, 9.17) is 10.5 Å². The van der Waals surface area contributed by atoms with Crippen LogP contribution in [0.4, 0.5) is 0 Å². The Hall–Kier alpha value is -1.06. The predicted octanol–water partition coefficient (Wildman–Crippen LogP) is 2.64. The molecule has 100 valence electrons. The summed E-state index contributed by atoms with van der Waals surface area (Å²) in [5.41, 5.74) is 6.65. The van der Waals surface area contributed by atoms with Crippen LogP contribution in [0.1, 0.15) is 44.3 Å². The Kier molecular flexibility index (Phi) is 4.25. The minimum atomic E-state index is -0.471. The molecule has 1 unspecified atom stereocenters. The van der Waals surface area contributed by atoms with Crippen molar-refractivity contribution >= 4 is 0 Å². The van der Waals surface area contributed by atoms with E-state index in [1.807, 2.05) is 24.3 Å². The normalized spacial score (nSPS) is 19.1. The van der Waals surface area contributed by atoms with E-state index in [0.717, 1.165) is 30.6 Å². The molecule has 0 amide bonds. The summed E-state index contributed by atoms with van der Waals surface area (Å²) in [6.07, 6.45) is 3.72. The van der Waals surface area contributed by atoms with Gasteiger partial charge in [-0.25, -0.2) is 0 Å². The van der Waals surface area contributed by atoms with Crippen molar-refractivity contribution in [1.29, 1.82) is 0 Å². The third kappa shape index (κ3) is 2.52. The van der Waals surface area contributed by atoms with Gasteiger partial charge in [-0.15, -0.1) is 0 Å². The van der Waals surface area contributed by atoms with E-state index in [1.165, 1.54) is 6.42 Å². The molecule has 3 N–H and O–H groups in total. The van der Waals surface area contributed by atoms with Crippen LogP contribution in [0, 0.1) is 5.41 Å². The average molecular weight is 249 g/mol. The lowest BCUT2D eigenvalue weighted by atomic mass is 9.63. The van der Waals surface area contributed by atoms with E-state index in [9.17, 15) is 5.11 Å². The van der Waals surface area contributed by atoms with Crippen molar-refractivity contribution < 1.29 is 9.84 Å². The molecular formula is C15H23NO2. The van der Waals surface area contributed by atoms with Crippen molar-refractivity contribution in [2.75, 3.05) is 13.2 Å². The SMILES string of the molecule is CCCOc1cccc(C(O)C2(CN)CCC2)c1. The second-order valence-corrected chi connectivity index (χ2v) is 5.24. The fourth-order valence-corrected chi connectivity index (χ4v) is 2.57. The number of nitrogens with two attached hydrogens (primary N) is 1. The number of benzene rings is 1. The Bertz CT molecular complexity index is 382. The Morgan fingerprint density at radius 2 is 2.22 bits per heavy atom. The molecule has 1 atom stereocenters. The van der Waals surface area contributed by atoms with Crippen LogP contribution in [0.25, 0.3) is 0 Å². The fourth-order valence-electron chi connectivity index (χ4n) is 2.57. The van der Waals surface area contributed by atoms with Gasteiger partial charge in [-0.3, -0.25) is 0 Å². The fraction of sp³-hybridized carbons (Fsp3) is 0.600. The van der Waals surface area contributed by atoms with Crippen molar-refractivity contribution in [2.24, 2.45) is 11.1 Å². The molecule has 0 radical (unpaired) electrons. The molecule has 0 aliphatic heterocycles. The summed E-state index contributed by atoms with van der Waals surface area (Å²) in [6.45, 7) is 3.34.